The highest BCUT2D eigenvalue weighted by Gasteiger charge is 2.18. The molecular formula is C18H12ClN5O3. The molecule has 0 saturated heterocycles. The number of azo groups is 1. The Morgan fingerprint density at radius 2 is 1.93 bits per heavy atom. The third kappa shape index (κ3) is 3.13. The minimum Gasteiger partial charge on any atom is -0.504 e. The van der Waals surface area contributed by atoms with Gasteiger partial charge in [0.05, 0.1) is 17.4 Å². The van der Waals surface area contributed by atoms with Gasteiger partial charge < -0.3 is 15.2 Å². The molecule has 0 aliphatic rings. The van der Waals surface area contributed by atoms with Gasteiger partial charge in [-0.1, -0.05) is 29.8 Å². The lowest BCUT2D eigenvalue weighted by Crippen LogP contribution is -1.99. The number of aromatic hydroxyl groups is 2. The minimum absolute atomic E-state index is 0.0721. The van der Waals surface area contributed by atoms with Crippen LogP contribution in [0.4, 0.5) is 5.69 Å². The Hall–Kier alpha value is -3.65. The smallest absolute Gasteiger partial charge is 0.319 e. The summed E-state index contributed by atoms with van der Waals surface area (Å²) in [7, 11) is 0. The van der Waals surface area contributed by atoms with Crippen LogP contribution in [0.5, 0.6) is 11.6 Å². The summed E-state index contributed by atoms with van der Waals surface area (Å²) < 4.78 is 1.36. The van der Waals surface area contributed by atoms with Crippen molar-refractivity contribution in [2.45, 2.75) is 0 Å². The Kier molecular flexibility index (Phi) is 4.09. The number of hydrogen-bond acceptors (Lipinski definition) is 5. The quantitative estimate of drug-likeness (QED) is 0.457. The fraction of sp³-hybridized carbons (Fsp3) is 0. The van der Waals surface area contributed by atoms with Gasteiger partial charge in [-0.25, -0.2) is 4.68 Å². The number of para-hydroxylation sites is 1. The normalized spacial score (nSPS) is 11.4. The van der Waals surface area contributed by atoms with E-state index in [0.29, 0.717) is 21.6 Å². The van der Waals surface area contributed by atoms with E-state index in [2.05, 4.69) is 20.3 Å². The van der Waals surface area contributed by atoms with Crippen LogP contribution < -0.4 is 0 Å². The number of carbonyl (C=O) groups is 1. The van der Waals surface area contributed by atoms with Crippen molar-refractivity contribution in [2.24, 2.45) is 10.2 Å². The van der Waals surface area contributed by atoms with Gasteiger partial charge in [-0.15, -0.1) is 10.2 Å². The maximum absolute atomic E-state index is 12.3. The lowest BCUT2D eigenvalue weighted by molar-refractivity contribution is 0.0987. The minimum atomic E-state index is -0.849. The summed E-state index contributed by atoms with van der Waals surface area (Å²) in [6.07, 6.45) is 1.31. The zero-order valence-electron chi connectivity index (χ0n) is 13.7. The fourth-order valence-corrected chi connectivity index (χ4v) is 2.78. The summed E-state index contributed by atoms with van der Waals surface area (Å²) in [6.45, 7) is 0. The number of benzene rings is 2. The summed E-state index contributed by atoms with van der Waals surface area (Å²) in [6, 6.07) is 13.9. The van der Waals surface area contributed by atoms with E-state index < -0.39 is 5.91 Å². The van der Waals surface area contributed by atoms with Crippen LogP contribution in [0.15, 0.2) is 65.0 Å². The van der Waals surface area contributed by atoms with E-state index in [-0.39, 0.29) is 23.0 Å². The third-order valence-corrected chi connectivity index (χ3v) is 4.11. The first kappa shape index (κ1) is 16.8. The molecule has 0 aliphatic heterocycles. The van der Waals surface area contributed by atoms with Gasteiger partial charge in [-0.3, -0.25) is 4.79 Å². The van der Waals surface area contributed by atoms with Crippen molar-refractivity contribution in [1.29, 1.82) is 0 Å². The molecule has 0 unspecified atom stereocenters. The van der Waals surface area contributed by atoms with Crippen molar-refractivity contribution in [3.05, 3.63) is 65.4 Å². The maximum atomic E-state index is 12.3. The van der Waals surface area contributed by atoms with Gasteiger partial charge in [0, 0.05) is 10.4 Å². The summed E-state index contributed by atoms with van der Waals surface area (Å²) in [5, 5.41) is 32.4. The predicted molar refractivity (Wildman–Crippen MR) is 99.0 cm³/mol. The van der Waals surface area contributed by atoms with Crippen molar-refractivity contribution in [3.63, 3.8) is 0 Å². The number of H-pyrrole nitrogens is 1. The molecule has 0 radical (unpaired) electrons. The van der Waals surface area contributed by atoms with Crippen LogP contribution in [0.1, 0.15) is 10.5 Å². The monoisotopic (exact) mass is 381 g/mol. The highest BCUT2D eigenvalue weighted by atomic mass is 35.5. The van der Waals surface area contributed by atoms with Gasteiger partial charge in [0.2, 0.25) is 5.88 Å². The third-order valence-electron chi connectivity index (χ3n) is 3.87. The first-order valence-electron chi connectivity index (χ1n) is 7.83. The lowest BCUT2D eigenvalue weighted by atomic mass is 10.2. The highest BCUT2D eigenvalue weighted by molar-refractivity contribution is 6.31. The Morgan fingerprint density at radius 3 is 2.70 bits per heavy atom. The predicted octanol–water partition coefficient (Wildman–Crippen LogP) is 4.34. The summed E-state index contributed by atoms with van der Waals surface area (Å²) in [4.78, 5) is 15.0. The average molecular weight is 382 g/mol. The second-order valence-corrected chi connectivity index (χ2v) is 6.10. The van der Waals surface area contributed by atoms with Gasteiger partial charge in [-0.05, 0) is 30.3 Å². The number of amides is 1. The van der Waals surface area contributed by atoms with Gasteiger partial charge in [0.15, 0.2) is 17.1 Å². The van der Waals surface area contributed by atoms with Gasteiger partial charge in [0.25, 0.3) is 0 Å². The highest BCUT2D eigenvalue weighted by Crippen LogP contribution is 2.37. The van der Waals surface area contributed by atoms with Crippen molar-refractivity contribution in [3.8, 4) is 17.3 Å². The van der Waals surface area contributed by atoms with E-state index in [4.69, 9.17) is 11.6 Å². The standard InChI is InChI=1S/C18H12ClN5O3/c19-10-6-7-13-12(8-10)15(17(26)20-13)21-22-18(27)16-14(25)9-24(23-16)11-4-2-1-3-5-11/h1-9,20,25-26H. The molecule has 1 amide bonds. The number of hydrogen-bond donors (Lipinski definition) is 3. The van der Waals surface area contributed by atoms with Crippen molar-refractivity contribution >= 4 is 34.1 Å². The molecule has 0 spiro atoms. The van der Waals surface area contributed by atoms with Crippen molar-refractivity contribution < 1.29 is 15.0 Å². The molecule has 0 atom stereocenters. The molecule has 8 nitrogen and oxygen atoms in total. The molecule has 4 aromatic rings. The largest absolute Gasteiger partial charge is 0.504 e. The molecular weight excluding hydrogens is 370 g/mol. The Labute approximate surface area is 157 Å². The van der Waals surface area contributed by atoms with Crippen LogP contribution >= 0.6 is 11.6 Å². The zero-order chi connectivity index (χ0) is 19.0. The summed E-state index contributed by atoms with van der Waals surface area (Å²) in [5.74, 6) is -1.42. The Balaban J connectivity index is 1.66. The van der Waals surface area contributed by atoms with Crippen LogP contribution in [0, 0.1) is 0 Å². The number of aromatic nitrogens is 3. The van der Waals surface area contributed by atoms with E-state index in [9.17, 15) is 15.0 Å². The molecule has 0 bridgehead atoms. The molecule has 4 rings (SSSR count). The molecule has 9 heteroatoms. The van der Waals surface area contributed by atoms with Crippen molar-refractivity contribution in [2.75, 3.05) is 0 Å². The summed E-state index contributed by atoms with van der Waals surface area (Å²) in [5.41, 5.74) is 1.09. The van der Waals surface area contributed by atoms with Crippen LogP contribution in [-0.4, -0.2) is 30.9 Å². The molecule has 27 heavy (non-hydrogen) atoms. The summed E-state index contributed by atoms with van der Waals surface area (Å²) >= 11 is 5.96. The first-order valence-corrected chi connectivity index (χ1v) is 8.21. The fourth-order valence-electron chi connectivity index (χ4n) is 2.61. The topological polar surface area (TPSA) is 116 Å². The van der Waals surface area contributed by atoms with E-state index >= 15 is 0 Å². The number of carbonyl (C=O) groups excluding carboxylic acids is 1. The van der Waals surface area contributed by atoms with E-state index in [1.807, 2.05) is 6.07 Å². The molecule has 2 aromatic heterocycles. The van der Waals surface area contributed by atoms with Gasteiger partial charge in [-0.2, -0.15) is 5.10 Å². The molecule has 0 aliphatic carbocycles. The van der Waals surface area contributed by atoms with Gasteiger partial charge >= 0.3 is 5.91 Å². The molecule has 134 valence electrons. The molecule has 2 heterocycles. The van der Waals surface area contributed by atoms with Crippen molar-refractivity contribution in [1.82, 2.24) is 14.8 Å². The number of halogens is 1. The first-order chi connectivity index (χ1) is 13.0. The molecule has 3 N–H and O–H groups in total. The lowest BCUT2D eigenvalue weighted by Gasteiger charge is -1.98. The zero-order valence-corrected chi connectivity index (χ0v) is 14.4. The van der Waals surface area contributed by atoms with Crippen LogP contribution in [-0.2, 0) is 0 Å². The van der Waals surface area contributed by atoms with E-state index in [1.54, 1.807) is 42.5 Å². The SMILES string of the molecule is O=C(N=Nc1c(O)[nH]c2ccc(Cl)cc12)c1nn(-c2ccccc2)cc1O. The second-order valence-electron chi connectivity index (χ2n) is 5.66. The number of nitrogens with zero attached hydrogens (tertiary/aromatic N) is 4. The van der Waals surface area contributed by atoms with Gasteiger partial charge in [0.1, 0.15) is 0 Å². The number of fused-ring (bicyclic) bond motifs is 1. The maximum Gasteiger partial charge on any atom is 0.319 e. The van der Waals surface area contributed by atoms with E-state index in [0.717, 1.165) is 0 Å². The molecule has 0 fully saturated rings. The average Bonchev–Trinajstić information content (AvgIpc) is 3.20. The Bertz CT molecular complexity index is 1180. The molecule has 2 aromatic carbocycles. The second kappa shape index (κ2) is 6.58. The number of rotatable bonds is 3. The number of nitrogens with one attached hydrogen (secondary N) is 1. The molecule has 0 saturated carbocycles. The van der Waals surface area contributed by atoms with E-state index in [1.165, 1.54) is 10.9 Å². The number of aromatic amines is 1. The van der Waals surface area contributed by atoms with Crippen LogP contribution in [0.2, 0.25) is 5.02 Å². The van der Waals surface area contributed by atoms with Crippen LogP contribution in [0.3, 0.4) is 0 Å². The van der Waals surface area contributed by atoms with Crippen LogP contribution in [0.25, 0.3) is 16.6 Å². The Morgan fingerprint density at radius 1 is 1.15 bits per heavy atom.